The Labute approximate surface area is 185 Å². The monoisotopic (exact) mass is 450 g/mol. The second-order valence-electron chi connectivity index (χ2n) is 6.84. The second kappa shape index (κ2) is 8.60. The van der Waals surface area contributed by atoms with Gasteiger partial charge in [-0.25, -0.2) is 9.78 Å². The number of rotatable bonds is 5. The van der Waals surface area contributed by atoms with Gasteiger partial charge in [0.1, 0.15) is 0 Å². The third-order valence-electron chi connectivity index (χ3n) is 4.49. The maximum absolute atomic E-state index is 12.8. The Morgan fingerprint density at radius 2 is 2.00 bits per heavy atom. The van der Waals surface area contributed by atoms with Crippen LogP contribution in [-0.4, -0.2) is 38.4 Å². The van der Waals surface area contributed by atoms with Crippen molar-refractivity contribution in [2.45, 2.75) is 13.8 Å². The maximum Gasteiger partial charge on any atom is 0.338 e. The molecule has 0 atom stereocenters. The highest BCUT2D eigenvalue weighted by molar-refractivity contribution is 7.22. The van der Waals surface area contributed by atoms with Gasteiger partial charge >= 0.3 is 5.97 Å². The van der Waals surface area contributed by atoms with Gasteiger partial charge in [-0.2, -0.15) is 9.78 Å². The van der Waals surface area contributed by atoms with Gasteiger partial charge < -0.3 is 9.84 Å². The number of benzene rings is 2. The SMILES string of the molecule is CCOC(=O)c1ccc2nc(NC(=O)c3nn(-c4cccc(C)c4)c(=O)cc3O)sc2c1. The van der Waals surface area contributed by atoms with E-state index in [-0.39, 0.29) is 17.4 Å². The van der Waals surface area contributed by atoms with Crippen LogP contribution in [0, 0.1) is 6.92 Å². The van der Waals surface area contributed by atoms with Crippen molar-refractivity contribution in [2.75, 3.05) is 11.9 Å². The topological polar surface area (TPSA) is 123 Å². The van der Waals surface area contributed by atoms with Crippen LogP contribution in [0.4, 0.5) is 5.13 Å². The van der Waals surface area contributed by atoms with Crippen molar-refractivity contribution in [2.24, 2.45) is 0 Å². The van der Waals surface area contributed by atoms with E-state index < -0.39 is 23.2 Å². The summed E-state index contributed by atoms with van der Waals surface area (Å²) in [6.07, 6.45) is 0. The number of aromatic nitrogens is 3. The van der Waals surface area contributed by atoms with Gasteiger partial charge in [-0.15, -0.1) is 0 Å². The number of carbonyl (C=O) groups excluding carboxylic acids is 2. The van der Waals surface area contributed by atoms with E-state index in [9.17, 15) is 19.5 Å². The van der Waals surface area contributed by atoms with Gasteiger partial charge in [0.2, 0.25) is 0 Å². The lowest BCUT2D eigenvalue weighted by atomic mass is 10.2. The van der Waals surface area contributed by atoms with Crippen molar-refractivity contribution >= 4 is 38.6 Å². The molecule has 2 N–H and O–H groups in total. The fourth-order valence-electron chi connectivity index (χ4n) is 3.03. The molecule has 0 unspecified atom stereocenters. The van der Waals surface area contributed by atoms with Crippen LogP contribution in [0.1, 0.15) is 33.3 Å². The van der Waals surface area contributed by atoms with Gasteiger partial charge in [0, 0.05) is 6.07 Å². The van der Waals surface area contributed by atoms with Crippen molar-refractivity contribution in [1.29, 1.82) is 0 Å². The minimum atomic E-state index is -0.728. The summed E-state index contributed by atoms with van der Waals surface area (Å²) in [5.41, 5.74) is 1.45. The highest BCUT2D eigenvalue weighted by Gasteiger charge is 2.19. The standard InChI is InChI=1S/C22H18N4O5S/c1-3-31-21(30)13-7-8-15-17(10-13)32-22(23-15)24-20(29)19-16(27)11-18(28)26(25-19)14-6-4-5-12(2)9-14/h4-11,27H,3H2,1-2H3,(H,23,24,29). The molecule has 2 aromatic carbocycles. The first kappa shape index (κ1) is 21.2. The Morgan fingerprint density at radius 1 is 1.19 bits per heavy atom. The molecule has 4 aromatic rings. The van der Waals surface area contributed by atoms with Crippen molar-refractivity contribution in [3.63, 3.8) is 0 Å². The first-order valence-corrected chi connectivity index (χ1v) is 10.5. The summed E-state index contributed by atoms with van der Waals surface area (Å²) in [6.45, 7) is 3.85. The quantitative estimate of drug-likeness (QED) is 0.447. The van der Waals surface area contributed by atoms with Gasteiger partial charge in [0.25, 0.3) is 11.5 Å². The number of hydrogen-bond acceptors (Lipinski definition) is 8. The highest BCUT2D eigenvalue weighted by Crippen LogP contribution is 2.28. The van der Waals surface area contributed by atoms with Crippen molar-refractivity contribution in [3.8, 4) is 11.4 Å². The Balaban J connectivity index is 1.64. The zero-order valence-electron chi connectivity index (χ0n) is 17.2. The van der Waals surface area contributed by atoms with Crippen molar-refractivity contribution in [3.05, 3.63) is 75.7 Å². The number of fused-ring (bicyclic) bond motifs is 1. The lowest BCUT2D eigenvalue weighted by Crippen LogP contribution is -2.25. The predicted octanol–water partition coefficient (Wildman–Crippen LogP) is 3.29. The van der Waals surface area contributed by atoms with E-state index in [1.54, 1.807) is 43.3 Å². The molecule has 32 heavy (non-hydrogen) atoms. The van der Waals surface area contributed by atoms with Gasteiger partial charge in [-0.1, -0.05) is 23.5 Å². The third kappa shape index (κ3) is 4.21. The van der Waals surface area contributed by atoms with Gasteiger partial charge in [-0.05, 0) is 49.7 Å². The van der Waals surface area contributed by atoms with Crippen LogP contribution in [0.3, 0.4) is 0 Å². The molecule has 0 saturated heterocycles. The average molecular weight is 450 g/mol. The number of esters is 1. The molecule has 2 heterocycles. The van der Waals surface area contributed by atoms with E-state index in [1.807, 2.05) is 13.0 Å². The zero-order chi connectivity index (χ0) is 22.8. The van der Waals surface area contributed by atoms with Crippen LogP contribution in [0.2, 0.25) is 0 Å². The molecule has 0 spiro atoms. The first-order chi connectivity index (χ1) is 15.4. The number of carbonyl (C=O) groups is 2. The van der Waals surface area contributed by atoms with Crippen LogP contribution in [-0.2, 0) is 4.74 Å². The fraction of sp³-hybridized carbons (Fsp3) is 0.136. The summed E-state index contributed by atoms with van der Waals surface area (Å²) < 4.78 is 6.72. The Kier molecular flexibility index (Phi) is 5.69. The number of nitrogens with zero attached hydrogens (tertiary/aromatic N) is 3. The first-order valence-electron chi connectivity index (χ1n) is 9.65. The number of amides is 1. The number of thiazole rings is 1. The van der Waals surface area contributed by atoms with Crippen molar-refractivity contribution < 1.29 is 19.4 Å². The third-order valence-corrected chi connectivity index (χ3v) is 5.43. The molecule has 0 fully saturated rings. The minimum absolute atomic E-state index is 0.250. The molecule has 1 amide bonds. The Hall–Kier alpha value is -4.05. The molecule has 0 aliphatic carbocycles. The number of aryl methyl sites for hydroxylation is 1. The van der Waals surface area contributed by atoms with Crippen LogP contribution in [0.25, 0.3) is 15.9 Å². The van der Waals surface area contributed by atoms with Crippen LogP contribution >= 0.6 is 11.3 Å². The summed E-state index contributed by atoms with van der Waals surface area (Å²) in [7, 11) is 0. The van der Waals surface area contributed by atoms with Crippen LogP contribution < -0.4 is 10.9 Å². The van der Waals surface area contributed by atoms with E-state index in [4.69, 9.17) is 4.74 Å². The molecule has 0 bridgehead atoms. The van der Waals surface area contributed by atoms with E-state index in [0.717, 1.165) is 27.6 Å². The lowest BCUT2D eigenvalue weighted by Gasteiger charge is -2.09. The van der Waals surface area contributed by atoms with Gasteiger partial charge in [-0.3, -0.25) is 14.9 Å². The summed E-state index contributed by atoms with van der Waals surface area (Å²) in [4.78, 5) is 41.3. The summed E-state index contributed by atoms with van der Waals surface area (Å²) in [5, 5.41) is 17.0. The average Bonchev–Trinajstić information content (AvgIpc) is 3.15. The largest absolute Gasteiger partial charge is 0.505 e. The van der Waals surface area contributed by atoms with Crippen LogP contribution in [0.5, 0.6) is 5.75 Å². The van der Waals surface area contributed by atoms with E-state index >= 15 is 0 Å². The number of hydrogen-bond donors (Lipinski definition) is 2. The molecule has 0 aliphatic heterocycles. The van der Waals surface area contributed by atoms with Gasteiger partial charge in [0.05, 0.1) is 28.1 Å². The number of ether oxygens (including phenoxy) is 1. The normalized spacial score (nSPS) is 10.8. The van der Waals surface area contributed by atoms with Gasteiger partial charge in [0.15, 0.2) is 16.6 Å². The second-order valence-corrected chi connectivity index (χ2v) is 7.87. The number of anilines is 1. The van der Waals surface area contributed by atoms with Crippen LogP contribution in [0.15, 0.2) is 53.3 Å². The van der Waals surface area contributed by atoms with Crippen molar-refractivity contribution in [1.82, 2.24) is 14.8 Å². The molecule has 4 rings (SSSR count). The van der Waals surface area contributed by atoms with E-state index in [2.05, 4.69) is 15.4 Å². The maximum atomic E-state index is 12.8. The molecule has 0 radical (unpaired) electrons. The molecule has 162 valence electrons. The summed E-state index contributed by atoms with van der Waals surface area (Å²) in [6, 6.07) is 12.9. The molecule has 10 heteroatoms. The number of nitrogens with one attached hydrogen (secondary N) is 1. The summed E-state index contributed by atoms with van der Waals surface area (Å²) >= 11 is 1.15. The minimum Gasteiger partial charge on any atom is -0.505 e. The van der Waals surface area contributed by atoms with E-state index in [0.29, 0.717) is 21.5 Å². The highest BCUT2D eigenvalue weighted by atomic mass is 32.1. The fourth-order valence-corrected chi connectivity index (χ4v) is 3.93. The Morgan fingerprint density at radius 3 is 2.75 bits per heavy atom. The summed E-state index contributed by atoms with van der Waals surface area (Å²) in [5.74, 6) is -1.71. The molecule has 2 aromatic heterocycles. The molecular weight excluding hydrogens is 432 g/mol. The smallest absolute Gasteiger partial charge is 0.338 e. The van der Waals surface area contributed by atoms with E-state index in [1.165, 1.54) is 0 Å². The lowest BCUT2D eigenvalue weighted by molar-refractivity contribution is 0.0526. The predicted molar refractivity (Wildman–Crippen MR) is 120 cm³/mol. The molecule has 0 aliphatic rings. The molecule has 9 nitrogen and oxygen atoms in total. The molecular formula is C22H18N4O5S. The zero-order valence-corrected chi connectivity index (χ0v) is 18.0. The Bertz CT molecular complexity index is 1410. The number of aromatic hydroxyl groups is 1. The molecule has 0 saturated carbocycles.